The highest BCUT2D eigenvalue weighted by molar-refractivity contribution is 7.91. The fourth-order valence-corrected chi connectivity index (χ4v) is 2.78. The number of H-pyrrole nitrogens is 1. The van der Waals surface area contributed by atoms with Crippen molar-refractivity contribution in [2.24, 2.45) is 0 Å². The number of hydrogen-bond acceptors (Lipinski definition) is 4. The Balaban J connectivity index is 2.46. The molecule has 0 spiro atoms. The molecule has 5 nitrogen and oxygen atoms in total. The van der Waals surface area contributed by atoms with E-state index in [4.69, 9.17) is 5.26 Å². The quantitative estimate of drug-likeness (QED) is 0.894. The lowest BCUT2D eigenvalue weighted by Gasteiger charge is -2.01. The summed E-state index contributed by atoms with van der Waals surface area (Å²) in [5.41, 5.74) is 1.43. The number of sulfone groups is 1. The van der Waals surface area contributed by atoms with E-state index in [0.29, 0.717) is 5.52 Å². The van der Waals surface area contributed by atoms with Gasteiger partial charge in [0.05, 0.1) is 27.8 Å². The number of nitrogens with zero attached hydrogens (tertiary/aromatic N) is 2. The standard InChI is InChI=1S/C11H11N3O2S/c1-8-13-10-4-3-9(7-11(10)14-8)17(15,16)6-2-5-12/h3-4,7H,2,6H2,1H3,(H,13,14). The highest BCUT2D eigenvalue weighted by atomic mass is 32.2. The zero-order valence-electron chi connectivity index (χ0n) is 9.27. The minimum atomic E-state index is -3.37. The molecule has 1 heterocycles. The van der Waals surface area contributed by atoms with Gasteiger partial charge in [-0.25, -0.2) is 13.4 Å². The third-order valence-electron chi connectivity index (χ3n) is 2.41. The summed E-state index contributed by atoms with van der Waals surface area (Å²) in [7, 11) is -3.37. The number of nitrogens with one attached hydrogen (secondary N) is 1. The lowest BCUT2D eigenvalue weighted by Crippen LogP contribution is -2.05. The predicted octanol–water partition coefficient (Wildman–Crippen LogP) is 1.56. The van der Waals surface area contributed by atoms with Crippen LogP contribution in [-0.4, -0.2) is 24.1 Å². The van der Waals surface area contributed by atoms with Crippen LogP contribution in [0.1, 0.15) is 12.2 Å². The summed E-state index contributed by atoms with van der Waals surface area (Å²) in [6.45, 7) is 1.81. The van der Waals surface area contributed by atoms with Crippen molar-refractivity contribution in [2.75, 3.05) is 5.75 Å². The molecule has 0 saturated carbocycles. The zero-order chi connectivity index (χ0) is 12.5. The van der Waals surface area contributed by atoms with E-state index in [2.05, 4.69) is 9.97 Å². The molecule has 0 aliphatic carbocycles. The summed E-state index contributed by atoms with van der Waals surface area (Å²) in [5.74, 6) is 0.592. The smallest absolute Gasteiger partial charge is 0.179 e. The van der Waals surface area contributed by atoms with Crippen LogP contribution in [0.3, 0.4) is 0 Å². The van der Waals surface area contributed by atoms with E-state index >= 15 is 0 Å². The fraction of sp³-hybridized carbons (Fsp3) is 0.273. The summed E-state index contributed by atoms with van der Waals surface area (Å²) < 4.78 is 23.7. The average molecular weight is 249 g/mol. The Bertz CT molecular complexity index is 695. The van der Waals surface area contributed by atoms with Gasteiger partial charge in [0.15, 0.2) is 9.84 Å². The maximum absolute atomic E-state index is 11.9. The highest BCUT2D eigenvalue weighted by Gasteiger charge is 2.15. The number of nitriles is 1. The second-order valence-corrected chi connectivity index (χ2v) is 5.84. The third-order valence-corrected chi connectivity index (χ3v) is 4.13. The topological polar surface area (TPSA) is 86.6 Å². The molecule has 0 fully saturated rings. The van der Waals surface area contributed by atoms with E-state index in [9.17, 15) is 8.42 Å². The summed E-state index contributed by atoms with van der Waals surface area (Å²) in [6, 6.07) is 6.58. The predicted molar refractivity (Wildman–Crippen MR) is 63.1 cm³/mol. The number of aromatic nitrogens is 2. The normalized spacial score (nSPS) is 11.5. The van der Waals surface area contributed by atoms with Gasteiger partial charge in [0.25, 0.3) is 0 Å². The number of benzene rings is 1. The van der Waals surface area contributed by atoms with Crippen molar-refractivity contribution >= 4 is 20.9 Å². The molecule has 1 aromatic carbocycles. The summed E-state index contributed by atoms with van der Waals surface area (Å²) in [5, 5.41) is 8.42. The van der Waals surface area contributed by atoms with Gasteiger partial charge < -0.3 is 4.98 Å². The minimum Gasteiger partial charge on any atom is -0.342 e. The van der Waals surface area contributed by atoms with Gasteiger partial charge >= 0.3 is 0 Å². The molecule has 17 heavy (non-hydrogen) atoms. The molecule has 0 unspecified atom stereocenters. The minimum absolute atomic E-state index is 0.00236. The van der Waals surface area contributed by atoms with Crippen molar-refractivity contribution in [3.05, 3.63) is 24.0 Å². The van der Waals surface area contributed by atoms with Gasteiger partial charge in [0.2, 0.25) is 0 Å². The molecule has 88 valence electrons. The molecular weight excluding hydrogens is 238 g/mol. The van der Waals surface area contributed by atoms with Crippen LogP contribution in [0.4, 0.5) is 0 Å². The van der Waals surface area contributed by atoms with Crippen LogP contribution >= 0.6 is 0 Å². The molecule has 0 saturated heterocycles. The van der Waals surface area contributed by atoms with Crippen LogP contribution in [0.5, 0.6) is 0 Å². The molecular formula is C11H11N3O2S. The Morgan fingerprint density at radius 2 is 2.24 bits per heavy atom. The van der Waals surface area contributed by atoms with Crippen LogP contribution in [0, 0.1) is 18.3 Å². The van der Waals surface area contributed by atoms with Crippen LogP contribution in [0.25, 0.3) is 11.0 Å². The molecule has 0 bridgehead atoms. The molecule has 6 heteroatoms. The number of imidazole rings is 1. The van der Waals surface area contributed by atoms with Gasteiger partial charge in [-0.3, -0.25) is 0 Å². The highest BCUT2D eigenvalue weighted by Crippen LogP contribution is 2.18. The van der Waals surface area contributed by atoms with Crippen molar-refractivity contribution in [1.82, 2.24) is 9.97 Å². The number of hydrogen-bond donors (Lipinski definition) is 1. The Morgan fingerprint density at radius 1 is 1.47 bits per heavy atom. The molecule has 1 aromatic heterocycles. The molecule has 1 N–H and O–H groups in total. The molecule has 0 aliphatic heterocycles. The molecule has 0 aliphatic rings. The molecule has 0 radical (unpaired) electrons. The Labute approximate surface area is 99.0 Å². The van der Waals surface area contributed by atoms with Crippen molar-refractivity contribution in [1.29, 1.82) is 5.26 Å². The maximum Gasteiger partial charge on any atom is 0.179 e. The summed E-state index contributed by atoms with van der Waals surface area (Å²) >= 11 is 0. The van der Waals surface area contributed by atoms with E-state index in [0.717, 1.165) is 11.3 Å². The number of rotatable bonds is 3. The van der Waals surface area contributed by atoms with Crippen molar-refractivity contribution in [3.63, 3.8) is 0 Å². The lowest BCUT2D eigenvalue weighted by atomic mass is 10.3. The number of fused-ring (bicyclic) bond motifs is 1. The third kappa shape index (κ3) is 2.29. The summed E-state index contributed by atoms with van der Waals surface area (Å²) in [6.07, 6.45) is 0.00236. The van der Waals surface area contributed by atoms with E-state index < -0.39 is 9.84 Å². The SMILES string of the molecule is Cc1nc2ccc(S(=O)(=O)CCC#N)cc2[nH]1. The van der Waals surface area contributed by atoms with Crippen LogP contribution in [0.15, 0.2) is 23.1 Å². The zero-order valence-corrected chi connectivity index (χ0v) is 10.1. The second-order valence-electron chi connectivity index (χ2n) is 3.73. The monoisotopic (exact) mass is 249 g/mol. The fourth-order valence-electron chi connectivity index (χ4n) is 1.61. The van der Waals surface area contributed by atoms with Crippen LogP contribution < -0.4 is 0 Å². The Kier molecular flexibility index (Phi) is 2.86. The Morgan fingerprint density at radius 3 is 2.94 bits per heavy atom. The largest absolute Gasteiger partial charge is 0.342 e. The second kappa shape index (κ2) is 4.18. The first-order valence-corrected chi connectivity index (χ1v) is 6.74. The van der Waals surface area contributed by atoms with Crippen molar-refractivity contribution < 1.29 is 8.42 Å². The van der Waals surface area contributed by atoms with Crippen LogP contribution in [0.2, 0.25) is 0 Å². The lowest BCUT2D eigenvalue weighted by molar-refractivity contribution is 0.596. The van der Waals surface area contributed by atoms with Crippen LogP contribution in [-0.2, 0) is 9.84 Å². The van der Waals surface area contributed by atoms with Crippen molar-refractivity contribution in [2.45, 2.75) is 18.2 Å². The first-order valence-electron chi connectivity index (χ1n) is 5.09. The van der Waals surface area contributed by atoms with Gasteiger partial charge in [-0.1, -0.05) is 0 Å². The molecule has 2 aromatic rings. The average Bonchev–Trinajstić information content (AvgIpc) is 2.65. The van der Waals surface area contributed by atoms with E-state index in [1.165, 1.54) is 6.07 Å². The van der Waals surface area contributed by atoms with E-state index in [1.54, 1.807) is 12.1 Å². The Hall–Kier alpha value is -1.87. The van der Waals surface area contributed by atoms with Gasteiger partial charge in [-0.15, -0.1) is 0 Å². The van der Waals surface area contributed by atoms with Gasteiger partial charge in [-0.2, -0.15) is 5.26 Å². The van der Waals surface area contributed by atoms with E-state index in [1.807, 2.05) is 13.0 Å². The summed E-state index contributed by atoms with van der Waals surface area (Å²) in [4.78, 5) is 7.41. The molecule has 0 atom stereocenters. The number of aryl methyl sites for hydroxylation is 1. The van der Waals surface area contributed by atoms with Gasteiger partial charge in [-0.05, 0) is 25.1 Å². The van der Waals surface area contributed by atoms with Crippen molar-refractivity contribution in [3.8, 4) is 6.07 Å². The first-order chi connectivity index (χ1) is 8.03. The number of aromatic amines is 1. The first kappa shape index (κ1) is 11.6. The maximum atomic E-state index is 11.9. The molecule has 0 amide bonds. The van der Waals surface area contributed by atoms with E-state index in [-0.39, 0.29) is 17.1 Å². The van der Waals surface area contributed by atoms with Gasteiger partial charge in [0.1, 0.15) is 5.82 Å². The van der Waals surface area contributed by atoms with Gasteiger partial charge in [0, 0.05) is 6.42 Å². The molecule has 2 rings (SSSR count).